The number of aromatic nitrogens is 8. The molecule has 406 valence electrons. The number of carbonyl (C=O) groups is 2. The van der Waals surface area contributed by atoms with Gasteiger partial charge in [-0.25, -0.2) is 20.8 Å². The van der Waals surface area contributed by atoms with Crippen LogP contribution in [0, 0.1) is 16.2 Å². The molecule has 0 saturated carbocycles. The Bertz CT molecular complexity index is 3550. The third-order valence-corrected chi connectivity index (χ3v) is 13.1. The Hall–Kier alpha value is -5.78. The van der Waals surface area contributed by atoms with E-state index >= 15 is 0 Å². The van der Waals surface area contributed by atoms with Gasteiger partial charge < -0.3 is 26.5 Å². The van der Waals surface area contributed by atoms with Gasteiger partial charge in [-0.2, -0.15) is 0 Å². The van der Waals surface area contributed by atoms with Crippen molar-refractivity contribution in [2.75, 3.05) is 0 Å². The summed E-state index contributed by atoms with van der Waals surface area (Å²) < 4.78 is 10.9. The van der Waals surface area contributed by atoms with Gasteiger partial charge in [0, 0.05) is 62.3 Å². The summed E-state index contributed by atoms with van der Waals surface area (Å²) >= 11 is 0. The van der Waals surface area contributed by atoms with Gasteiger partial charge in [0.1, 0.15) is 35.1 Å². The number of pyridine rings is 1. The minimum atomic E-state index is -0.181. The number of aryl methyl sites for hydroxylation is 3. The summed E-state index contributed by atoms with van der Waals surface area (Å²) in [7, 11) is 0. The number of aldehydes is 1. The maximum Gasteiger partial charge on any atom is 1.00 e. The molecule has 78 heavy (non-hydrogen) atoms. The second-order valence-corrected chi connectivity index (χ2v) is 20.4. The van der Waals surface area contributed by atoms with Gasteiger partial charge >= 0.3 is 59.1 Å². The maximum atomic E-state index is 13.0. The number of hydrogen-bond donors (Lipinski definition) is 3. The molecule has 0 radical (unpaired) electrons. The van der Waals surface area contributed by atoms with Gasteiger partial charge in [-0.05, 0) is 89.6 Å². The first-order valence-corrected chi connectivity index (χ1v) is 23.5. The van der Waals surface area contributed by atoms with Crippen LogP contribution < -0.4 is 86.9 Å². The van der Waals surface area contributed by atoms with Gasteiger partial charge in [0.2, 0.25) is 0 Å². The molecule has 3 aliphatic heterocycles. The zero-order chi connectivity index (χ0) is 52.7. The van der Waals surface area contributed by atoms with E-state index in [-0.39, 0.29) is 127 Å². The first-order valence-electron chi connectivity index (χ1n) is 23.5. The van der Waals surface area contributed by atoms with Crippen LogP contribution >= 0.6 is 12.4 Å². The Morgan fingerprint density at radius 3 is 1.49 bits per heavy atom. The summed E-state index contributed by atoms with van der Waals surface area (Å²) in [4.78, 5) is 78.3. The summed E-state index contributed by atoms with van der Waals surface area (Å²) in [5.74, 6) is 6.65. The number of benzene rings is 3. The van der Waals surface area contributed by atoms with Crippen molar-refractivity contribution in [3.63, 3.8) is 0 Å². The maximum absolute atomic E-state index is 13.0. The number of hydrogen-bond acceptors (Lipinski definition) is 17. The van der Waals surface area contributed by atoms with E-state index in [0.29, 0.717) is 69.4 Å². The molecule has 0 bridgehead atoms. The Morgan fingerprint density at radius 2 is 1.08 bits per heavy atom. The van der Waals surface area contributed by atoms with Crippen molar-refractivity contribution in [2.45, 2.75) is 115 Å². The third-order valence-electron chi connectivity index (χ3n) is 13.1. The minimum absolute atomic E-state index is 0. The molecule has 8 aromatic rings. The third kappa shape index (κ3) is 16.0. The van der Waals surface area contributed by atoms with Gasteiger partial charge in [0.25, 0.3) is 23.2 Å². The predicted molar refractivity (Wildman–Crippen MR) is 293 cm³/mol. The molecular weight excluding hydrogens is 1040 g/mol. The first-order chi connectivity index (χ1) is 34.9. The van der Waals surface area contributed by atoms with Crippen LogP contribution in [0.1, 0.15) is 110 Å². The summed E-state index contributed by atoms with van der Waals surface area (Å²) in [6, 6.07) is 23.5. The van der Waals surface area contributed by atoms with Crippen molar-refractivity contribution in [2.24, 2.45) is 27.3 Å². The summed E-state index contributed by atoms with van der Waals surface area (Å²) in [6.07, 6.45) is 9.36. The molecule has 0 amide bonds. The van der Waals surface area contributed by atoms with E-state index < -0.39 is 0 Å². The Balaban J connectivity index is 0.000000554. The molecule has 4 N–H and O–H groups in total. The van der Waals surface area contributed by atoms with Crippen LogP contribution in [-0.4, -0.2) is 68.2 Å². The van der Waals surface area contributed by atoms with E-state index in [1.165, 1.54) is 6.21 Å². The number of halogens is 1. The SMILES string of the molecule is C.C.CC1(C)CCc2nc3cc(-c4cc(-c5ccccn5)on4)ccc3c(=O)n2C1.CC1(C)CCc2nc3cc(C=NO)ccc3c(=O)n2C1.CC1(C)CCc2nc3cc(C=O)ccc3c(=O)n2C1.Cl.NO.O=CO[O-].[H-].[Na+].[Na+]. The van der Waals surface area contributed by atoms with Crippen molar-refractivity contribution < 1.29 is 95.2 Å². The van der Waals surface area contributed by atoms with Gasteiger partial charge in [-0.15, -0.1) is 12.4 Å². The zero-order valence-electron chi connectivity index (χ0n) is 44.8. The standard InChI is InChI=1S/C22H20N4O2.C15H17N3O2.C15H16N2O2.CH2O3.2CH4.ClH.H3NO.2Na.H/c1-22(2)9-8-20-24-18-11-14(6-7-15(18)21(27)26(20)13-22)17-12-19(28-25-17)16-5-3-4-10-23-16;1-15(2)6-5-13-17-12-7-10(8-16-20)3-4-11(12)14(19)18(13)9-15;1-15(2)6-5-13-16-12-7-10(8-18)3-4-11(12)14(19)17(13)9-15;2-1-4-3;;;;1-2;;;/h3-7,10-12H,8-9,13H2,1-2H3;3-4,7-8,20H,5-6,9H2,1-2H3;3-4,7-8H,5-6,9H2,1-2H3;1,3H;2*1H4;1H;2H,1H2;;;/q;;;;;;;;2*+1;-1/p-1. The van der Waals surface area contributed by atoms with Crippen molar-refractivity contribution in [1.82, 2.24) is 38.8 Å². The summed E-state index contributed by atoms with van der Waals surface area (Å²) in [6.45, 7) is 15.0. The fraction of sp³-hybridized carbons (Fsp3) is 0.364. The van der Waals surface area contributed by atoms with Crippen molar-refractivity contribution >= 4 is 64.1 Å². The van der Waals surface area contributed by atoms with Gasteiger partial charge in [-0.1, -0.05) is 91.0 Å². The van der Waals surface area contributed by atoms with Gasteiger partial charge in [0.05, 0.1) is 38.9 Å². The number of rotatable bonds is 5. The molecule has 0 spiro atoms. The fourth-order valence-corrected chi connectivity index (χ4v) is 9.19. The molecule has 5 aromatic heterocycles. The average Bonchev–Trinajstić information content (AvgIpc) is 3.89. The molecule has 3 aromatic carbocycles. The number of nitrogens with two attached hydrogens (primary N) is 1. The molecule has 0 aliphatic carbocycles. The van der Waals surface area contributed by atoms with Crippen molar-refractivity contribution in [1.29, 1.82) is 0 Å². The van der Waals surface area contributed by atoms with Crippen LogP contribution in [0.15, 0.2) is 109 Å². The van der Waals surface area contributed by atoms with E-state index in [4.69, 9.17) is 30.0 Å². The average molecular weight is 1110 g/mol. The van der Waals surface area contributed by atoms with Crippen LogP contribution in [0.3, 0.4) is 0 Å². The van der Waals surface area contributed by atoms with E-state index in [0.717, 1.165) is 79.1 Å². The molecule has 20 nitrogen and oxygen atoms in total. The minimum Gasteiger partial charge on any atom is -1.00 e. The molecule has 0 saturated heterocycles. The van der Waals surface area contributed by atoms with Crippen LogP contribution in [0.25, 0.3) is 55.4 Å². The molecule has 0 atom stereocenters. The largest absolute Gasteiger partial charge is 1.00 e. The van der Waals surface area contributed by atoms with Crippen LogP contribution in [0.2, 0.25) is 0 Å². The van der Waals surface area contributed by atoms with Gasteiger partial charge in [0.15, 0.2) is 5.76 Å². The van der Waals surface area contributed by atoms with E-state index in [2.05, 4.69) is 77.6 Å². The van der Waals surface area contributed by atoms with Crippen LogP contribution in [-0.2, 0) is 48.6 Å². The fourth-order valence-electron chi connectivity index (χ4n) is 9.19. The number of nitrogens with zero attached hydrogens (tertiary/aromatic N) is 9. The van der Waals surface area contributed by atoms with Crippen molar-refractivity contribution in [3.05, 3.63) is 145 Å². The van der Waals surface area contributed by atoms with E-state index in [1.54, 1.807) is 51.7 Å². The van der Waals surface area contributed by atoms with Crippen LogP contribution in [0.5, 0.6) is 0 Å². The smallest absolute Gasteiger partial charge is 1.00 e. The summed E-state index contributed by atoms with van der Waals surface area (Å²) in [5.41, 5.74) is 6.02. The van der Waals surface area contributed by atoms with Crippen LogP contribution in [0.4, 0.5) is 0 Å². The number of oxime groups is 1. The Kier molecular flexibility index (Phi) is 25.8. The Labute approximate surface area is 503 Å². The molecule has 3 aliphatic rings. The first kappa shape index (κ1) is 68.3. The van der Waals surface area contributed by atoms with Crippen molar-refractivity contribution in [3.8, 4) is 22.7 Å². The summed E-state index contributed by atoms with van der Waals surface area (Å²) in [5, 5.41) is 32.5. The Morgan fingerprint density at radius 1 is 0.654 bits per heavy atom. The quantitative estimate of drug-likeness (QED) is 0.0555. The van der Waals surface area contributed by atoms with E-state index in [9.17, 15) is 19.2 Å². The molecule has 0 fully saturated rings. The molecular formula is C55H67ClN10Na2O10. The zero-order valence-corrected chi connectivity index (χ0v) is 48.7. The normalized spacial score (nSPS) is 14.6. The molecule has 11 rings (SSSR count). The number of carbonyl (C=O) groups excluding carboxylic acids is 2. The molecule has 23 heteroatoms. The van der Waals surface area contributed by atoms with E-state index in [1.807, 2.05) is 47.0 Å². The van der Waals surface area contributed by atoms with Gasteiger partial charge in [-0.3, -0.25) is 42.7 Å². The predicted octanol–water partition coefficient (Wildman–Crippen LogP) is 2.03. The monoisotopic (exact) mass is 1110 g/mol. The second-order valence-electron chi connectivity index (χ2n) is 20.4. The molecule has 0 unspecified atom stereocenters. The second kappa shape index (κ2) is 29.4. The molecule has 8 heterocycles. The topological polar surface area (TPSA) is 289 Å². The number of fused-ring (bicyclic) bond motifs is 6.